The summed E-state index contributed by atoms with van der Waals surface area (Å²) in [7, 11) is 0. The van der Waals surface area contributed by atoms with Crippen molar-refractivity contribution < 1.29 is 4.79 Å². The molecule has 0 fully saturated rings. The highest BCUT2D eigenvalue weighted by Gasteiger charge is 2.27. The second-order valence-electron chi connectivity index (χ2n) is 4.72. The molecule has 0 N–H and O–H groups in total. The highest BCUT2D eigenvalue weighted by molar-refractivity contribution is 7.08. The molecule has 14 heavy (non-hydrogen) atoms. The maximum atomic E-state index is 11.8. The summed E-state index contributed by atoms with van der Waals surface area (Å²) in [6, 6.07) is 0. The van der Waals surface area contributed by atoms with Gasteiger partial charge < -0.3 is 0 Å². The van der Waals surface area contributed by atoms with E-state index in [4.69, 9.17) is 0 Å². The monoisotopic (exact) mass is 212 g/mol. The molecule has 0 aromatic carbocycles. The first-order chi connectivity index (χ1) is 6.34. The van der Waals surface area contributed by atoms with Crippen LogP contribution in [0.5, 0.6) is 0 Å². The molecule has 0 atom stereocenters. The van der Waals surface area contributed by atoms with E-state index in [9.17, 15) is 4.79 Å². The first-order valence-electron chi connectivity index (χ1n) is 4.71. The van der Waals surface area contributed by atoms with Gasteiger partial charge in [0.05, 0.1) is 5.69 Å². The van der Waals surface area contributed by atoms with Crippen LogP contribution in [0.1, 0.15) is 50.0 Å². The maximum absolute atomic E-state index is 11.8. The zero-order chi connectivity index (χ0) is 10.9. The molecule has 0 bridgehead atoms. The van der Waals surface area contributed by atoms with Crippen LogP contribution < -0.4 is 0 Å². The van der Waals surface area contributed by atoms with Gasteiger partial charge in [0.25, 0.3) is 0 Å². The second kappa shape index (κ2) is 3.77. The molecule has 0 aliphatic carbocycles. The fourth-order valence-electron chi connectivity index (χ4n) is 1.11. The molecule has 1 aromatic rings. The summed E-state index contributed by atoms with van der Waals surface area (Å²) in [5.41, 5.74) is 0.716. The highest BCUT2D eigenvalue weighted by atomic mass is 32.1. The third-order valence-electron chi connectivity index (χ3n) is 1.95. The van der Waals surface area contributed by atoms with Crippen molar-refractivity contribution in [2.24, 2.45) is 5.92 Å². The molecule has 0 amide bonds. The molecule has 0 saturated carbocycles. The topological polar surface area (TPSA) is 42.9 Å². The largest absolute Gasteiger partial charge is 0.293 e. The SMILES string of the molecule is CC(C)C(=O)c1snnc1C(C)(C)C. The van der Waals surface area contributed by atoms with Crippen LogP contribution in [-0.2, 0) is 5.41 Å². The lowest BCUT2D eigenvalue weighted by molar-refractivity contribution is 0.0941. The summed E-state index contributed by atoms with van der Waals surface area (Å²) in [5, 5.41) is 4.04. The van der Waals surface area contributed by atoms with Crippen LogP contribution in [0.15, 0.2) is 0 Å². The molecule has 4 heteroatoms. The van der Waals surface area contributed by atoms with Crippen LogP contribution in [0.4, 0.5) is 0 Å². The van der Waals surface area contributed by atoms with E-state index in [1.165, 1.54) is 11.5 Å². The highest BCUT2D eigenvalue weighted by Crippen LogP contribution is 2.27. The number of rotatable bonds is 2. The number of nitrogens with zero attached hydrogens (tertiary/aromatic N) is 2. The average molecular weight is 212 g/mol. The van der Waals surface area contributed by atoms with E-state index in [1.54, 1.807) is 0 Å². The zero-order valence-corrected chi connectivity index (χ0v) is 10.1. The van der Waals surface area contributed by atoms with Crippen molar-refractivity contribution in [2.75, 3.05) is 0 Å². The molecule has 0 radical (unpaired) electrons. The van der Waals surface area contributed by atoms with Crippen LogP contribution in [0.2, 0.25) is 0 Å². The van der Waals surface area contributed by atoms with E-state index < -0.39 is 0 Å². The molecule has 0 aliphatic heterocycles. The minimum Gasteiger partial charge on any atom is -0.293 e. The lowest BCUT2D eigenvalue weighted by Crippen LogP contribution is -2.18. The van der Waals surface area contributed by atoms with Gasteiger partial charge in [-0.3, -0.25) is 4.79 Å². The Morgan fingerprint density at radius 3 is 2.36 bits per heavy atom. The van der Waals surface area contributed by atoms with E-state index in [1.807, 2.05) is 34.6 Å². The van der Waals surface area contributed by atoms with E-state index in [2.05, 4.69) is 9.59 Å². The van der Waals surface area contributed by atoms with Crippen LogP contribution in [0.3, 0.4) is 0 Å². The lowest BCUT2D eigenvalue weighted by Gasteiger charge is -2.16. The van der Waals surface area contributed by atoms with Crippen molar-refractivity contribution in [2.45, 2.75) is 40.0 Å². The van der Waals surface area contributed by atoms with E-state index in [0.717, 1.165) is 5.69 Å². The van der Waals surface area contributed by atoms with E-state index in [-0.39, 0.29) is 17.1 Å². The molecular weight excluding hydrogens is 196 g/mol. The van der Waals surface area contributed by atoms with E-state index >= 15 is 0 Å². The van der Waals surface area contributed by atoms with Gasteiger partial charge in [0, 0.05) is 11.3 Å². The first kappa shape index (κ1) is 11.3. The summed E-state index contributed by atoms with van der Waals surface area (Å²) in [4.78, 5) is 12.5. The lowest BCUT2D eigenvalue weighted by atomic mass is 9.89. The van der Waals surface area contributed by atoms with Crippen molar-refractivity contribution in [3.05, 3.63) is 10.6 Å². The number of carbonyl (C=O) groups excluding carboxylic acids is 1. The molecule has 1 heterocycles. The molecule has 1 rings (SSSR count). The third-order valence-corrected chi connectivity index (χ3v) is 2.69. The predicted molar refractivity (Wildman–Crippen MR) is 57.8 cm³/mol. The Labute approximate surface area is 88.7 Å². The van der Waals surface area contributed by atoms with Crippen molar-refractivity contribution >= 4 is 17.3 Å². The standard InChI is InChI=1S/C10H16N2OS/c1-6(2)7(13)8-9(10(3,4)5)11-12-14-8/h6H,1-5H3. The van der Waals surface area contributed by atoms with Gasteiger partial charge in [0.2, 0.25) is 0 Å². The van der Waals surface area contributed by atoms with Crippen LogP contribution in [0, 0.1) is 5.92 Å². The Balaban J connectivity index is 3.12. The molecule has 3 nitrogen and oxygen atoms in total. The number of hydrogen-bond acceptors (Lipinski definition) is 4. The van der Waals surface area contributed by atoms with Crippen LogP contribution in [0.25, 0.3) is 0 Å². The summed E-state index contributed by atoms with van der Waals surface area (Å²) >= 11 is 1.20. The molecule has 0 spiro atoms. The van der Waals surface area contributed by atoms with Gasteiger partial charge >= 0.3 is 0 Å². The summed E-state index contributed by atoms with van der Waals surface area (Å²) in [5.74, 6) is 0.156. The number of hydrogen-bond donors (Lipinski definition) is 0. The fourth-order valence-corrected chi connectivity index (χ4v) is 2.07. The van der Waals surface area contributed by atoms with Crippen LogP contribution >= 0.6 is 11.5 Å². The minimum absolute atomic E-state index is 0.0124. The number of ketones is 1. The van der Waals surface area contributed by atoms with Crippen molar-refractivity contribution in [3.63, 3.8) is 0 Å². The molecule has 0 unspecified atom stereocenters. The van der Waals surface area contributed by atoms with Gasteiger partial charge in [0.1, 0.15) is 4.88 Å². The number of Topliss-reactive ketones (excluding diaryl/α,β-unsaturated/α-hetero) is 1. The first-order valence-corrected chi connectivity index (χ1v) is 5.48. The number of aromatic nitrogens is 2. The van der Waals surface area contributed by atoms with Gasteiger partial charge in [-0.15, -0.1) is 5.10 Å². The van der Waals surface area contributed by atoms with Gasteiger partial charge in [-0.1, -0.05) is 39.1 Å². The van der Waals surface area contributed by atoms with E-state index in [0.29, 0.717) is 4.88 Å². The Hall–Kier alpha value is -0.770. The zero-order valence-electron chi connectivity index (χ0n) is 9.29. The Morgan fingerprint density at radius 2 is 1.93 bits per heavy atom. The normalized spacial score (nSPS) is 12.1. The Morgan fingerprint density at radius 1 is 1.36 bits per heavy atom. The molecule has 1 aromatic heterocycles. The smallest absolute Gasteiger partial charge is 0.178 e. The Kier molecular flexibility index (Phi) is 3.04. The predicted octanol–water partition coefficient (Wildman–Crippen LogP) is 2.67. The van der Waals surface area contributed by atoms with Crippen molar-refractivity contribution in [3.8, 4) is 0 Å². The van der Waals surface area contributed by atoms with Gasteiger partial charge in [0.15, 0.2) is 5.78 Å². The third kappa shape index (κ3) is 2.18. The van der Waals surface area contributed by atoms with Crippen LogP contribution in [-0.4, -0.2) is 15.4 Å². The van der Waals surface area contributed by atoms with Crippen molar-refractivity contribution in [1.82, 2.24) is 9.59 Å². The Bertz CT molecular complexity index is 336. The van der Waals surface area contributed by atoms with Gasteiger partial charge in [-0.25, -0.2) is 0 Å². The van der Waals surface area contributed by atoms with Gasteiger partial charge in [-0.2, -0.15) is 0 Å². The average Bonchev–Trinajstić information content (AvgIpc) is 2.48. The molecule has 0 saturated heterocycles. The summed E-state index contributed by atoms with van der Waals surface area (Å²) < 4.78 is 3.86. The molecule has 78 valence electrons. The summed E-state index contributed by atoms with van der Waals surface area (Å²) in [6.07, 6.45) is 0. The summed E-state index contributed by atoms with van der Waals surface area (Å²) in [6.45, 7) is 9.92. The number of carbonyl (C=O) groups is 1. The minimum atomic E-state index is -0.104. The fraction of sp³-hybridized carbons (Fsp3) is 0.700. The molecular formula is C10H16N2OS. The quantitative estimate of drug-likeness (QED) is 0.708. The van der Waals surface area contributed by atoms with Crippen molar-refractivity contribution in [1.29, 1.82) is 0 Å². The second-order valence-corrected chi connectivity index (χ2v) is 5.47. The van der Waals surface area contributed by atoms with Gasteiger partial charge in [-0.05, 0) is 11.5 Å². The maximum Gasteiger partial charge on any atom is 0.178 e. The molecule has 0 aliphatic rings.